The second-order valence-electron chi connectivity index (χ2n) is 7.93. The molecule has 1 N–H and O–H groups in total. The minimum Gasteiger partial charge on any atom is -0.452 e. The number of ether oxygens (including phenoxy) is 2. The minimum atomic E-state index is -0.618. The summed E-state index contributed by atoms with van der Waals surface area (Å²) in [5.41, 5.74) is 0.0562. The predicted octanol–water partition coefficient (Wildman–Crippen LogP) is 3.98. The van der Waals surface area contributed by atoms with Crippen molar-refractivity contribution in [3.05, 3.63) is 29.8 Å². The standard InChI is InChI=1S/C21H30N2O5/c1-21(2,3)28-20(26)22-17-11-9-10-16(14-17)19(25)27-15-18(24)23-12-7-5-4-6-8-13-23/h9-11,14H,4-8,12-13,15H2,1-3H3,(H,22,26). The third-order valence-electron chi connectivity index (χ3n) is 4.28. The van der Waals surface area contributed by atoms with Crippen molar-refractivity contribution in [3.8, 4) is 0 Å². The van der Waals surface area contributed by atoms with E-state index in [4.69, 9.17) is 9.47 Å². The Morgan fingerprint density at radius 2 is 1.68 bits per heavy atom. The predicted molar refractivity (Wildman–Crippen MR) is 106 cm³/mol. The second kappa shape index (κ2) is 10.1. The van der Waals surface area contributed by atoms with Crippen molar-refractivity contribution in [1.29, 1.82) is 0 Å². The number of amides is 2. The zero-order valence-electron chi connectivity index (χ0n) is 17.0. The molecule has 0 radical (unpaired) electrons. The molecule has 0 aliphatic carbocycles. The van der Waals surface area contributed by atoms with Crippen molar-refractivity contribution in [2.75, 3.05) is 25.0 Å². The lowest BCUT2D eigenvalue weighted by atomic mass is 10.1. The molecule has 154 valence electrons. The van der Waals surface area contributed by atoms with Crippen molar-refractivity contribution >= 4 is 23.7 Å². The molecule has 1 heterocycles. The van der Waals surface area contributed by atoms with E-state index in [1.165, 1.54) is 12.5 Å². The van der Waals surface area contributed by atoms with Crippen LogP contribution in [0.5, 0.6) is 0 Å². The van der Waals surface area contributed by atoms with Crippen LogP contribution in [-0.2, 0) is 14.3 Å². The lowest BCUT2D eigenvalue weighted by Crippen LogP contribution is -2.36. The van der Waals surface area contributed by atoms with Crippen molar-refractivity contribution in [2.45, 2.75) is 58.5 Å². The summed E-state index contributed by atoms with van der Waals surface area (Å²) in [6.07, 6.45) is 4.83. The molecule has 7 heteroatoms. The number of esters is 1. The summed E-state index contributed by atoms with van der Waals surface area (Å²) >= 11 is 0. The number of nitrogens with one attached hydrogen (secondary N) is 1. The van der Waals surface area contributed by atoms with E-state index in [0.29, 0.717) is 18.8 Å². The molecule has 0 atom stereocenters. The number of likely N-dealkylation sites (tertiary alicyclic amines) is 1. The van der Waals surface area contributed by atoms with E-state index >= 15 is 0 Å². The molecule has 1 aliphatic rings. The van der Waals surface area contributed by atoms with E-state index in [1.54, 1.807) is 43.9 Å². The molecule has 28 heavy (non-hydrogen) atoms. The molecular formula is C21H30N2O5. The van der Waals surface area contributed by atoms with E-state index in [0.717, 1.165) is 25.7 Å². The van der Waals surface area contributed by atoms with Crippen LogP contribution < -0.4 is 5.32 Å². The first-order valence-corrected chi connectivity index (χ1v) is 9.79. The number of benzene rings is 1. The van der Waals surface area contributed by atoms with Crippen LogP contribution in [-0.4, -0.2) is 48.2 Å². The summed E-state index contributed by atoms with van der Waals surface area (Å²) in [4.78, 5) is 38.2. The Morgan fingerprint density at radius 1 is 1.04 bits per heavy atom. The molecule has 0 unspecified atom stereocenters. The SMILES string of the molecule is CC(C)(C)OC(=O)Nc1cccc(C(=O)OCC(=O)N2CCCCCCC2)c1. The van der Waals surface area contributed by atoms with Crippen LogP contribution in [0.1, 0.15) is 63.2 Å². The van der Waals surface area contributed by atoms with Crippen molar-refractivity contribution < 1.29 is 23.9 Å². The molecule has 2 amide bonds. The van der Waals surface area contributed by atoms with Crippen LogP contribution in [0.4, 0.5) is 10.5 Å². The first kappa shape index (κ1) is 21.7. The summed E-state index contributed by atoms with van der Waals surface area (Å²) in [7, 11) is 0. The van der Waals surface area contributed by atoms with Gasteiger partial charge in [-0.25, -0.2) is 9.59 Å². The highest BCUT2D eigenvalue weighted by atomic mass is 16.6. The van der Waals surface area contributed by atoms with Gasteiger partial charge in [0.05, 0.1) is 5.56 Å². The summed E-state index contributed by atoms with van der Waals surface area (Å²) < 4.78 is 10.4. The molecule has 0 bridgehead atoms. The van der Waals surface area contributed by atoms with Gasteiger partial charge in [0.2, 0.25) is 0 Å². The number of rotatable bonds is 4. The molecule has 1 aromatic rings. The van der Waals surface area contributed by atoms with E-state index in [-0.39, 0.29) is 18.1 Å². The Hall–Kier alpha value is -2.57. The van der Waals surface area contributed by atoms with E-state index in [2.05, 4.69) is 5.32 Å². The highest BCUT2D eigenvalue weighted by Crippen LogP contribution is 2.15. The number of anilines is 1. The lowest BCUT2D eigenvalue weighted by Gasteiger charge is -2.24. The van der Waals surface area contributed by atoms with Crippen LogP contribution in [0.3, 0.4) is 0 Å². The number of carbonyl (C=O) groups is 3. The average molecular weight is 390 g/mol. The number of hydrogen-bond donors (Lipinski definition) is 1. The Labute approximate surface area is 166 Å². The van der Waals surface area contributed by atoms with E-state index in [1.807, 2.05) is 0 Å². The van der Waals surface area contributed by atoms with Gasteiger partial charge in [0.25, 0.3) is 5.91 Å². The number of carbonyl (C=O) groups excluding carboxylic acids is 3. The first-order chi connectivity index (χ1) is 13.2. The van der Waals surface area contributed by atoms with Gasteiger partial charge in [0, 0.05) is 18.8 Å². The molecule has 1 aromatic carbocycles. The third-order valence-corrected chi connectivity index (χ3v) is 4.28. The molecule has 7 nitrogen and oxygen atoms in total. The highest BCUT2D eigenvalue weighted by molar-refractivity contribution is 5.93. The molecule has 1 aliphatic heterocycles. The average Bonchev–Trinajstić information content (AvgIpc) is 2.57. The fourth-order valence-corrected chi connectivity index (χ4v) is 2.94. The number of hydrogen-bond acceptors (Lipinski definition) is 5. The molecular weight excluding hydrogens is 360 g/mol. The van der Waals surface area contributed by atoms with Crippen LogP contribution in [0.25, 0.3) is 0 Å². The minimum absolute atomic E-state index is 0.168. The maximum Gasteiger partial charge on any atom is 0.412 e. The highest BCUT2D eigenvalue weighted by Gasteiger charge is 2.19. The smallest absolute Gasteiger partial charge is 0.412 e. The van der Waals surface area contributed by atoms with Crippen LogP contribution in [0.2, 0.25) is 0 Å². The largest absolute Gasteiger partial charge is 0.452 e. The monoisotopic (exact) mass is 390 g/mol. The molecule has 1 fully saturated rings. The third kappa shape index (κ3) is 7.58. The van der Waals surface area contributed by atoms with Gasteiger partial charge in [0.15, 0.2) is 6.61 Å². The van der Waals surface area contributed by atoms with Crippen LogP contribution in [0, 0.1) is 0 Å². The van der Waals surface area contributed by atoms with Crippen molar-refractivity contribution in [3.63, 3.8) is 0 Å². The Bertz CT molecular complexity index is 688. The van der Waals surface area contributed by atoms with Gasteiger partial charge < -0.3 is 14.4 Å². The summed E-state index contributed by atoms with van der Waals surface area (Å²) in [6, 6.07) is 6.34. The topological polar surface area (TPSA) is 84.9 Å². The van der Waals surface area contributed by atoms with E-state index in [9.17, 15) is 14.4 Å². The fraction of sp³-hybridized carbons (Fsp3) is 0.571. The molecule has 0 saturated carbocycles. The number of nitrogens with zero attached hydrogens (tertiary/aromatic N) is 1. The van der Waals surface area contributed by atoms with Gasteiger partial charge in [0.1, 0.15) is 5.60 Å². The second-order valence-corrected chi connectivity index (χ2v) is 7.93. The molecule has 0 spiro atoms. The van der Waals surface area contributed by atoms with Crippen LogP contribution >= 0.6 is 0 Å². The summed E-state index contributed by atoms with van der Waals surface area (Å²) in [5, 5.41) is 2.58. The summed E-state index contributed by atoms with van der Waals surface area (Å²) in [5.74, 6) is -0.772. The van der Waals surface area contributed by atoms with Crippen molar-refractivity contribution in [1.82, 2.24) is 4.90 Å². The Balaban J connectivity index is 1.88. The first-order valence-electron chi connectivity index (χ1n) is 9.79. The quantitative estimate of drug-likeness (QED) is 0.786. The zero-order chi connectivity index (χ0) is 20.6. The van der Waals surface area contributed by atoms with Crippen LogP contribution in [0.15, 0.2) is 24.3 Å². The fourth-order valence-electron chi connectivity index (χ4n) is 2.94. The zero-order valence-corrected chi connectivity index (χ0v) is 17.0. The maximum absolute atomic E-state index is 12.3. The summed E-state index contributed by atoms with van der Waals surface area (Å²) in [6.45, 7) is 6.45. The van der Waals surface area contributed by atoms with Gasteiger partial charge in [-0.05, 0) is 51.8 Å². The Kier molecular flexibility index (Phi) is 7.84. The maximum atomic E-state index is 12.3. The molecule has 2 rings (SSSR count). The van der Waals surface area contributed by atoms with Gasteiger partial charge in [-0.1, -0.05) is 25.3 Å². The molecule has 0 aromatic heterocycles. The normalized spacial score (nSPS) is 15.2. The van der Waals surface area contributed by atoms with Gasteiger partial charge in [-0.15, -0.1) is 0 Å². The van der Waals surface area contributed by atoms with Gasteiger partial charge in [-0.2, -0.15) is 0 Å². The van der Waals surface area contributed by atoms with E-state index < -0.39 is 17.7 Å². The van der Waals surface area contributed by atoms with Gasteiger partial charge in [-0.3, -0.25) is 10.1 Å². The van der Waals surface area contributed by atoms with Gasteiger partial charge >= 0.3 is 12.1 Å². The Morgan fingerprint density at radius 3 is 2.32 bits per heavy atom. The molecule has 1 saturated heterocycles. The van der Waals surface area contributed by atoms with Crippen molar-refractivity contribution in [2.24, 2.45) is 0 Å². The lowest BCUT2D eigenvalue weighted by molar-refractivity contribution is -0.134.